The molecule has 25 heavy (non-hydrogen) atoms. The van der Waals surface area contributed by atoms with Gasteiger partial charge in [-0.1, -0.05) is 43.1 Å². The zero-order valence-corrected chi connectivity index (χ0v) is 15.6. The first-order valence-corrected chi connectivity index (χ1v) is 9.57. The van der Waals surface area contributed by atoms with Crippen molar-refractivity contribution in [3.8, 4) is 11.4 Å². The van der Waals surface area contributed by atoms with Gasteiger partial charge in [0.25, 0.3) is 0 Å². The van der Waals surface area contributed by atoms with Gasteiger partial charge in [-0.05, 0) is 61.9 Å². The summed E-state index contributed by atoms with van der Waals surface area (Å²) >= 11 is 6.44. The standard InChI is InChI=1S/C21H26ClN3/c1-2-3-8-15-9-6-11-16-17(10-4-5-13-23)20(25-19(15)16)21-18(22)12-7-14-24-21/h6-7,9,11-12,14,25H,2-5,8,10,13,23H2,1H3. The van der Waals surface area contributed by atoms with Crippen LogP contribution in [0.15, 0.2) is 36.5 Å². The second kappa shape index (κ2) is 8.50. The van der Waals surface area contributed by atoms with E-state index in [0.29, 0.717) is 5.02 Å². The Morgan fingerprint density at radius 1 is 1.08 bits per heavy atom. The fourth-order valence-electron chi connectivity index (χ4n) is 3.39. The second-order valence-electron chi connectivity index (χ2n) is 6.50. The molecule has 0 fully saturated rings. The maximum atomic E-state index is 6.44. The molecule has 0 aliphatic rings. The monoisotopic (exact) mass is 355 g/mol. The highest BCUT2D eigenvalue weighted by Crippen LogP contribution is 2.35. The maximum absolute atomic E-state index is 6.44. The zero-order chi connectivity index (χ0) is 17.6. The van der Waals surface area contributed by atoms with Crippen molar-refractivity contribution in [2.75, 3.05) is 6.54 Å². The Morgan fingerprint density at radius 2 is 1.96 bits per heavy atom. The number of aryl methyl sites for hydroxylation is 2. The topological polar surface area (TPSA) is 54.7 Å². The van der Waals surface area contributed by atoms with Crippen LogP contribution >= 0.6 is 11.6 Å². The molecule has 3 N–H and O–H groups in total. The number of unbranched alkanes of at least 4 members (excludes halogenated alkanes) is 2. The van der Waals surface area contributed by atoms with Crippen LogP contribution in [0.3, 0.4) is 0 Å². The molecule has 2 aromatic heterocycles. The van der Waals surface area contributed by atoms with Crippen molar-refractivity contribution in [1.82, 2.24) is 9.97 Å². The number of para-hydroxylation sites is 1. The molecule has 0 amide bonds. The summed E-state index contributed by atoms with van der Waals surface area (Å²) in [6, 6.07) is 10.4. The number of H-pyrrole nitrogens is 1. The summed E-state index contributed by atoms with van der Waals surface area (Å²) < 4.78 is 0. The molecule has 2 heterocycles. The Kier molecular flexibility index (Phi) is 6.11. The maximum Gasteiger partial charge on any atom is 0.105 e. The Hall–Kier alpha value is -1.84. The fourth-order valence-corrected chi connectivity index (χ4v) is 3.60. The number of benzene rings is 1. The number of aromatic amines is 1. The summed E-state index contributed by atoms with van der Waals surface area (Å²) in [5, 5.41) is 1.98. The van der Waals surface area contributed by atoms with E-state index in [9.17, 15) is 0 Å². The van der Waals surface area contributed by atoms with Crippen molar-refractivity contribution in [3.05, 3.63) is 52.7 Å². The molecule has 0 aliphatic carbocycles. The minimum absolute atomic E-state index is 0.684. The Balaban J connectivity index is 2.13. The third-order valence-electron chi connectivity index (χ3n) is 4.70. The number of hydrogen-bond donors (Lipinski definition) is 2. The molecular formula is C21H26ClN3. The largest absolute Gasteiger partial charge is 0.353 e. The number of nitrogens with two attached hydrogens (primary N) is 1. The SMILES string of the molecule is CCCCc1cccc2c(CCCCN)c(-c3ncccc3Cl)[nH]c12. The second-order valence-corrected chi connectivity index (χ2v) is 6.91. The van der Waals surface area contributed by atoms with Crippen LogP contribution in [-0.4, -0.2) is 16.5 Å². The van der Waals surface area contributed by atoms with Crippen LogP contribution in [0.4, 0.5) is 0 Å². The number of fused-ring (bicyclic) bond motifs is 1. The van der Waals surface area contributed by atoms with Gasteiger partial charge in [-0.3, -0.25) is 4.98 Å². The van der Waals surface area contributed by atoms with Gasteiger partial charge in [0.15, 0.2) is 0 Å². The van der Waals surface area contributed by atoms with Gasteiger partial charge >= 0.3 is 0 Å². The van der Waals surface area contributed by atoms with E-state index in [1.165, 1.54) is 34.9 Å². The Morgan fingerprint density at radius 3 is 2.72 bits per heavy atom. The molecule has 0 unspecified atom stereocenters. The van der Waals surface area contributed by atoms with Crippen LogP contribution in [-0.2, 0) is 12.8 Å². The molecule has 3 rings (SSSR count). The first kappa shape index (κ1) is 18.0. The van der Waals surface area contributed by atoms with Gasteiger partial charge in [-0.15, -0.1) is 0 Å². The molecule has 0 radical (unpaired) electrons. The van der Waals surface area contributed by atoms with E-state index in [0.717, 1.165) is 43.6 Å². The summed E-state index contributed by atoms with van der Waals surface area (Å²) in [5.74, 6) is 0. The number of hydrogen-bond acceptors (Lipinski definition) is 2. The van der Waals surface area contributed by atoms with Crippen molar-refractivity contribution < 1.29 is 0 Å². The summed E-state index contributed by atoms with van der Waals surface area (Å²) in [6.07, 6.45) is 8.36. The van der Waals surface area contributed by atoms with Gasteiger partial charge in [0.2, 0.25) is 0 Å². The zero-order valence-electron chi connectivity index (χ0n) is 14.8. The van der Waals surface area contributed by atoms with Crippen molar-refractivity contribution in [2.45, 2.75) is 45.4 Å². The van der Waals surface area contributed by atoms with Crippen LogP contribution < -0.4 is 5.73 Å². The average molecular weight is 356 g/mol. The predicted octanol–water partition coefficient (Wildman–Crippen LogP) is 5.51. The van der Waals surface area contributed by atoms with Gasteiger partial charge in [0, 0.05) is 17.1 Å². The van der Waals surface area contributed by atoms with Crippen molar-refractivity contribution >= 4 is 22.5 Å². The van der Waals surface area contributed by atoms with E-state index in [1.54, 1.807) is 6.20 Å². The Labute approximate surface area is 154 Å². The number of halogens is 1. The van der Waals surface area contributed by atoms with E-state index < -0.39 is 0 Å². The molecule has 0 saturated carbocycles. The van der Waals surface area contributed by atoms with E-state index in [4.69, 9.17) is 17.3 Å². The number of aromatic nitrogens is 2. The van der Waals surface area contributed by atoms with Gasteiger partial charge in [-0.2, -0.15) is 0 Å². The van der Waals surface area contributed by atoms with E-state index in [1.807, 2.05) is 12.1 Å². The number of pyridine rings is 1. The quantitative estimate of drug-likeness (QED) is 0.523. The minimum Gasteiger partial charge on any atom is -0.353 e. The predicted molar refractivity (Wildman–Crippen MR) is 107 cm³/mol. The van der Waals surface area contributed by atoms with Crippen molar-refractivity contribution in [3.63, 3.8) is 0 Å². The van der Waals surface area contributed by atoms with Crippen LogP contribution in [0.2, 0.25) is 5.02 Å². The lowest BCUT2D eigenvalue weighted by Crippen LogP contribution is -1.99. The lowest BCUT2D eigenvalue weighted by Gasteiger charge is -2.06. The number of rotatable bonds is 8. The van der Waals surface area contributed by atoms with Gasteiger partial charge in [0.05, 0.1) is 10.7 Å². The smallest absolute Gasteiger partial charge is 0.105 e. The van der Waals surface area contributed by atoms with Crippen LogP contribution in [0, 0.1) is 0 Å². The van der Waals surface area contributed by atoms with Crippen LogP contribution in [0.1, 0.15) is 43.7 Å². The molecule has 0 atom stereocenters. The third-order valence-corrected chi connectivity index (χ3v) is 5.01. The molecular weight excluding hydrogens is 330 g/mol. The Bertz CT molecular complexity index is 838. The number of nitrogens with zero attached hydrogens (tertiary/aromatic N) is 1. The molecule has 3 nitrogen and oxygen atoms in total. The highest BCUT2D eigenvalue weighted by Gasteiger charge is 2.17. The van der Waals surface area contributed by atoms with Gasteiger partial charge < -0.3 is 10.7 Å². The lowest BCUT2D eigenvalue weighted by atomic mass is 9.99. The van der Waals surface area contributed by atoms with Gasteiger partial charge in [0.1, 0.15) is 5.69 Å². The average Bonchev–Trinajstić information content (AvgIpc) is 3.00. The molecule has 4 heteroatoms. The highest BCUT2D eigenvalue weighted by molar-refractivity contribution is 6.33. The number of nitrogens with one attached hydrogen (secondary N) is 1. The van der Waals surface area contributed by atoms with Crippen LogP contribution in [0.5, 0.6) is 0 Å². The molecule has 132 valence electrons. The summed E-state index contributed by atoms with van der Waals surface area (Å²) in [5.41, 5.74) is 11.5. The summed E-state index contributed by atoms with van der Waals surface area (Å²) in [4.78, 5) is 8.18. The van der Waals surface area contributed by atoms with Crippen molar-refractivity contribution in [1.29, 1.82) is 0 Å². The molecule has 0 bridgehead atoms. The minimum atomic E-state index is 0.684. The first-order valence-electron chi connectivity index (χ1n) is 9.19. The highest BCUT2D eigenvalue weighted by atomic mass is 35.5. The lowest BCUT2D eigenvalue weighted by molar-refractivity contribution is 0.748. The van der Waals surface area contributed by atoms with Crippen LogP contribution in [0.25, 0.3) is 22.3 Å². The summed E-state index contributed by atoms with van der Waals surface area (Å²) in [7, 11) is 0. The van der Waals surface area contributed by atoms with Crippen molar-refractivity contribution in [2.24, 2.45) is 5.73 Å². The third kappa shape index (κ3) is 3.88. The molecule has 1 aromatic carbocycles. The molecule has 0 spiro atoms. The van der Waals surface area contributed by atoms with E-state index >= 15 is 0 Å². The van der Waals surface area contributed by atoms with E-state index in [-0.39, 0.29) is 0 Å². The van der Waals surface area contributed by atoms with Gasteiger partial charge in [-0.25, -0.2) is 0 Å². The normalized spacial score (nSPS) is 11.3. The summed E-state index contributed by atoms with van der Waals surface area (Å²) in [6.45, 7) is 2.95. The van der Waals surface area contributed by atoms with E-state index in [2.05, 4.69) is 35.1 Å². The molecule has 0 aliphatic heterocycles. The molecule has 3 aromatic rings. The fraction of sp³-hybridized carbons (Fsp3) is 0.381. The first-order chi connectivity index (χ1) is 12.3. The molecule has 0 saturated heterocycles.